The second-order valence-electron chi connectivity index (χ2n) is 4.39. The van der Waals surface area contributed by atoms with Crippen molar-refractivity contribution in [2.45, 2.75) is 57.4 Å². The van der Waals surface area contributed by atoms with E-state index in [1.807, 2.05) is 0 Å². The SMILES string of the molecule is C1CCCCC(N2CC2)CCC1. The lowest BCUT2D eigenvalue weighted by Gasteiger charge is -2.16. The van der Waals surface area contributed by atoms with Crippen LogP contribution in [-0.4, -0.2) is 24.0 Å². The molecule has 0 unspecified atom stereocenters. The predicted octanol–water partition coefficient (Wildman–Crippen LogP) is 2.81. The summed E-state index contributed by atoms with van der Waals surface area (Å²) in [4.78, 5) is 2.66. The third kappa shape index (κ3) is 2.48. The number of nitrogens with zero attached hydrogens (tertiary/aromatic N) is 1. The molecule has 70 valence electrons. The third-order valence-electron chi connectivity index (χ3n) is 3.32. The minimum atomic E-state index is 0.975. The first-order chi connectivity index (χ1) is 5.97. The topological polar surface area (TPSA) is 3.01 Å². The molecule has 0 aromatic rings. The molecule has 1 nitrogen and oxygen atoms in total. The van der Waals surface area contributed by atoms with Gasteiger partial charge in [0.2, 0.25) is 0 Å². The lowest BCUT2D eigenvalue weighted by Crippen LogP contribution is -2.18. The summed E-state index contributed by atoms with van der Waals surface area (Å²) in [6.07, 6.45) is 11.9. The van der Waals surface area contributed by atoms with Crippen molar-refractivity contribution in [1.29, 1.82) is 0 Å². The van der Waals surface area contributed by atoms with Gasteiger partial charge in [0.25, 0.3) is 0 Å². The standard InChI is InChI=1S/C11H21N/c1-2-4-6-8-11(7-5-3-1)12-9-10-12/h11H,1-10H2. The van der Waals surface area contributed by atoms with Crippen LogP contribution in [0.5, 0.6) is 0 Å². The molecule has 2 rings (SSSR count). The van der Waals surface area contributed by atoms with Crippen molar-refractivity contribution in [2.75, 3.05) is 13.1 Å². The highest BCUT2D eigenvalue weighted by atomic mass is 15.3. The monoisotopic (exact) mass is 167 g/mol. The van der Waals surface area contributed by atoms with Gasteiger partial charge in [0, 0.05) is 19.1 Å². The van der Waals surface area contributed by atoms with E-state index in [9.17, 15) is 0 Å². The van der Waals surface area contributed by atoms with Crippen molar-refractivity contribution < 1.29 is 0 Å². The van der Waals surface area contributed by atoms with Gasteiger partial charge >= 0.3 is 0 Å². The number of hydrogen-bond acceptors (Lipinski definition) is 1. The summed E-state index contributed by atoms with van der Waals surface area (Å²) >= 11 is 0. The van der Waals surface area contributed by atoms with Crippen molar-refractivity contribution >= 4 is 0 Å². The highest BCUT2D eigenvalue weighted by Gasteiger charge is 2.26. The Bertz CT molecular complexity index is 119. The average Bonchev–Trinajstić information content (AvgIpc) is 2.87. The van der Waals surface area contributed by atoms with Gasteiger partial charge < -0.3 is 0 Å². The van der Waals surface area contributed by atoms with E-state index in [0.29, 0.717) is 0 Å². The van der Waals surface area contributed by atoms with E-state index in [-0.39, 0.29) is 0 Å². The molecule has 0 N–H and O–H groups in total. The molecule has 1 aliphatic carbocycles. The minimum absolute atomic E-state index is 0.975. The zero-order valence-electron chi connectivity index (χ0n) is 8.10. The van der Waals surface area contributed by atoms with Crippen LogP contribution < -0.4 is 0 Å². The minimum Gasteiger partial charge on any atom is -0.298 e. The van der Waals surface area contributed by atoms with Gasteiger partial charge in [-0.25, -0.2) is 0 Å². The summed E-state index contributed by atoms with van der Waals surface area (Å²) in [6.45, 7) is 2.79. The van der Waals surface area contributed by atoms with Crippen LogP contribution in [0.25, 0.3) is 0 Å². The van der Waals surface area contributed by atoms with Crippen molar-refractivity contribution in [1.82, 2.24) is 4.90 Å². The van der Waals surface area contributed by atoms with Crippen LogP contribution in [0.15, 0.2) is 0 Å². The Labute approximate surface area is 76.1 Å². The van der Waals surface area contributed by atoms with Gasteiger partial charge in [-0.1, -0.05) is 38.5 Å². The lowest BCUT2D eigenvalue weighted by molar-refractivity contribution is 0.342. The summed E-state index contributed by atoms with van der Waals surface area (Å²) in [5, 5.41) is 0. The first kappa shape index (κ1) is 8.55. The Balaban J connectivity index is 1.76. The summed E-state index contributed by atoms with van der Waals surface area (Å²) in [5.41, 5.74) is 0. The fourth-order valence-electron chi connectivity index (χ4n) is 2.40. The van der Waals surface area contributed by atoms with Crippen molar-refractivity contribution in [2.24, 2.45) is 0 Å². The van der Waals surface area contributed by atoms with Crippen LogP contribution in [0, 0.1) is 0 Å². The summed E-state index contributed by atoms with van der Waals surface area (Å²) in [6, 6.07) is 0.975. The number of rotatable bonds is 1. The van der Waals surface area contributed by atoms with Gasteiger partial charge in [-0.3, -0.25) is 4.90 Å². The Morgan fingerprint density at radius 2 is 1.17 bits per heavy atom. The Kier molecular flexibility index (Phi) is 3.04. The fraction of sp³-hybridized carbons (Fsp3) is 1.00. The third-order valence-corrected chi connectivity index (χ3v) is 3.32. The Morgan fingerprint density at radius 3 is 1.67 bits per heavy atom. The highest BCUT2D eigenvalue weighted by molar-refractivity contribution is 4.82. The van der Waals surface area contributed by atoms with Crippen molar-refractivity contribution in [3.8, 4) is 0 Å². The molecule has 1 saturated carbocycles. The van der Waals surface area contributed by atoms with Gasteiger partial charge in [0.1, 0.15) is 0 Å². The fourth-order valence-corrected chi connectivity index (χ4v) is 2.40. The molecule has 0 aromatic heterocycles. The van der Waals surface area contributed by atoms with E-state index in [1.165, 1.54) is 64.5 Å². The first-order valence-corrected chi connectivity index (χ1v) is 5.71. The van der Waals surface area contributed by atoms with Crippen molar-refractivity contribution in [3.05, 3.63) is 0 Å². The van der Waals surface area contributed by atoms with E-state index in [4.69, 9.17) is 0 Å². The normalized spacial score (nSPS) is 29.0. The van der Waals surface area contributed by atoms with Gasteiger partial charge in [0.15, 0.2) is 0 Å². The largest absolute Gasteiger partial charge is 0.298 e. The lowest BCUT2D eigenvalue weighted by atomic mass is 10.1. The van der Waals surface area contributed by atoms with Gasteiger partial charge in [-0.2, -0.15) is 0 Å². The molecule has 1 aliphatic heterocycles. The maximum atomic E-state index is 2.66. The van der Waals surface area contributed by atoms with E-state index in [0.717, 1.165) is 6.04 Å². The summed E-state index contributed by atoms with van der Waals surface area (Å²) in [5.74, 6) is 0. The second-order valence-corrected chi connectivity index (χ2v) is 4.39. The molecule has 0 atom stereocenters. The van der Waals surface area contributed by atoms with Gasteiger partial charge in [-0.05, 0) is 12.8 Å². The van der Waals surface area contributed by atoms with Crippen LogP contribution in [0.3, 0.4) is 0 Å². The molecule has 1 heteroatoms. The molecule has 12 heavy (non-hydrogen) atoms. The molecule has 1 saturated heterocycles. The highest BCUT2D eigenvalue weighted by Crippen LogP contribution is 2.24. The molecule has 0 aromatic carbocycles. The molecule has 2 aliphatic rings. The maximum Gasteiger partial charge on any atom is 0.0113 e. The molecule has 0 radical (unpaired) electrons. The van der Waals surface area contributed by atoms with E-state index in [1.54, 1.807) is 0 Å². The van der Waals surface area contributed by atoms with E-state index >= 15 is 0 Å². The zero-order chi connectivity index (χ0) is 8.23. The molecule has 1 heterocycles. The zero-order valence-corrected chi connectivity index (χ0v) is 8.10. The first-order valence-electron chi connectivity index (χ1n) is 5.71. The quantitative estimate of drug-likeness (QED) is 0.543. The molecule has 2 fully saturated rings. The predicted molar refractivity (Wildman–Crippen MR) is 52.3 cm³/mol. The molecular weight excluding hydrogens is 146 g/mol. The molecular formula is C11H21N. The van der Waals surface area contributed by atoms with Gasteiger partial charge in [-0.15, -0.1) is 0 Å². The molecule has 0 bridgehead atoms. The number of hydrogen-bond donors (Lipinski definition) is 0. The van der Waals surface area contributed by atoms with Gasteiger partial charge in [0.05, 0.1) is 0 Å². The van der Waals surface area contributed by atoms with Crippen LogP contribution >= 0.6 is 0 Å². The summed E-state index contributed by atoms with van der Waals surface area (Å²) < 4.78 is 0. The van der Waals surface area contributed by atoms with Crippen LogP contribution in [-0.2, 0) is 0 Å². The summed E-state index contributed by atoms with van der Waals surface area (Å²) in [7, 11) is 0. The van der Waals surface area contributed by atoms with E-state index < -0.39 is 0 Å². The molecule has 0 spiro atoms. The van der Waals surface area contributed by atoms with Crippen LogP contribution in [0.2, 0.25) is 0 Å². The second kappa shape index (κ2) is 4.27. The Hall–Kier alpha value is -0.0400. The van der Waals surface area contributed by atoms with Crippen LogP contribution in [0.1, 0.15) is 51.4 Å². The van der Waals surface area contributed by atoms with Crippen molar-refractivity contribution in [3.63, 3.8) is 0 Å². The van der Waals surface area contributed by atoms with Crippen LogP contribution in [0.4, 0.5) is 0 Å². The average molecular weight is 167 g/mol. The van der Waals surface area contributed by atoms with E-state index in [2.05, 4.69) is 4.90 Å². The smallest absolute Gasteiger partial charge is 0.0113 e. The maximum absolute atomic E-state index is 2.66. The Morgan fingerprint density at radius 1 is 0.667 bits per heavy atom. The molecule has 0 amide bonds.